The highest BCUT2D eigenvalue weighted by Crippen LogP contribution is 2.23. The Hall–Kier alpha value is -0.0300. The molecule has 0 N–H and O–H groups in total. The van der Waals surface area contributed by atoms with Gasteiger partial charge in [0.05, 0.1) is 5.02 Å². The van der Waals surface area contributed by atoms with Gasteiger partial charge in [-0.15, -0.1) is 0 Å². The average molecular weight is 363 g/mol. The van der Waals surface area contributed by atoms with E-state index in [9.17, 15) is 4.79 Å². The second kappa shape index (κ2) is 7.11. The van der Waals surface area contributed by atoms with Gasteiger partial charge in [-0.1, -0.05) is 27.5 Å². The van der Waals surface area contributed by atoms with Gasteiger partial charge in [0.1, 0.15) is 0 Å². The van der Waals surface area contributed by atoms with E-state index in [1.807, 2.05) is 17.8 Å². The average Bonchev–Trinajstić information content (AvgIpc) is 2.37. The Morgan fingerprint density at radius 2 is 2.37 bits per heavy atom. The minimum absolute atomic E-state index is 0.128. The maximum Gasteiger partial charge on any atom is 0.165 e. The molecular formula is C14H17BrClNOS. The van der Waals surface area contributed by atoms with E-state index in [0.29, 0.717) is 23.0 Å². The van der Waals surface area contributed by atoms with Crippen LogP contribution in [0.25, 0.3) is 0 Å². The van der Waals surface area contributed by atoms with Gasteiger partial charge in [-0.25, -0.2) is 0 Å². The zero-order chi connectivity index (χ0) is 13.8. The van der Waals surface area contributed by atoms with Crippen molar-refractivity contribution in [2.24, 2.45) is 0 Å². The van der Waals surface area contributed by atoms with E-state index in [4.69, 9.17) is 11.6 Å². The van der Waals surface area contributed by atoms with Crippen molar-refractivity contribution in [3.8, 4) is 0 Å². The highest BCUT2D eigenvalue weighted by atomic mass is 79.9. The van der Waals surface area contributed by atoms with Gasteiger partial charge in [0.25, 0.3) is 0 Å². The lowest BCUT2D eigenvalue weighted by molar-refractivity contribution is 0.0958. The topological polar surface area (TPSA) is 20.3 Å². The maximum atomic E-state index is 12.2. The molecule has 2 nitrogen and oxygen atoms in total. The number of thioether (sulfide) groups is 1. The number of benzene rings is 1. The van der Waals surface area contributed by atoms with Crippen LogP contribution in [0.5, 0.6) is 0 Å². The fraction of sp³-hybridized carbons (Fsp3) is 0.500. The van der Waals surface area contributed by atoms with Crippen LogP contribution in [-0.4, -0.2) is 41.3 Å². The summed E-state index contributed by atoms with van der Waals surface area (Å²) in [4.78, 5) is 14.6. The summed E-state index contributed by atoms with van der Waals surface area (Å²) in [5.74, 6) is 2.45. The number of Topliss-reactive ketones (excluding diaryl/α,β-unsaturated/α-hetero) is 1. The minimum Gasteiger partial charge on any atom is -0.299 e. The molecule has 0 spiro atoms. The normalized spacial score (nSPS) is 20.5. The van der Waals surface area contributed by atoms with Gasteiger partial charge < -0.3 is 0 Å². The fourth-order valence-electron chi connectivity index (χ4n) is 2.19. The molecule has 1 heterocycles. The summed E-state index contributed by atoms with van der Waals surface area (Å²) in [5.41, 5.74) is 0.629. The van der Waals surface area contributed by atoms with Gasteiger partial charge >= 0.3 is 0 Å². The van der Waals surface area contributed by atoms with Gasteiger partial charge in [0, 0.05) is 47.1 Å². The second-order valence-corrected chi connectivity index (χ2v) is 7.23. The van der Waals surface area contributed by atoms with Crippen molar-refractivity contribution in [1.82, 2.24) is 4.90 Å². The van der Waals surface area contributed by atoms with Crippen LogP contribution >= 0.6 is 39.3 Å². The van der Waals surface area contributed by atoms with Gasteiger partial charge in [-0.3, -0.25) is 9.69 Å². The zero-order valence-electron chi connectivity index (χ0n) is 10.9. The van der Waals surface area contributed by atoms with Gasteiger partial charge in [-0.05, 0) is 25.1 Å². The number of halogens is 2. The molecule has 1 atom stereocenters. The monoisotopic (exact) mass is 361 g/mol. The summed E-state index contributed by atoms with van der Waals surface area (Å²) in [6, 6.07) is 5.99. The van der Waals surface area contributed by atoms with Crippen LogP contribution < -0.4 is 0 Å². The highest BCUT2D eigenvalue weighted by molar-refractivity contribution is 9.10. The van der Waals surface area contributed by atoms with Crippen molar-refractivity contribution in [3.05, 3.63) is 33.3 Å². The van der Waals surface area contributed by atoms with Crippen LogP contribution in [0.4, 0.5) is 0 Å². The van der Waals surface area contributed by atoms with E-state index in [0.717, 1.165) is 29.1 Å². The molecule has 0 radical (unpaired) electrons. The molecule has 1 fully saturated rings. The lowest BCUT2D eigenvalue weighted by Crippen LogP contribution is -2.41. The number of nitrogens with zero attached hydrogens (tertiary/aromatic N) is 1. The van der Waals surface area contributed by atoms with Gasteiger partial charge in [0.15, 0.2) is 5.78 Å². The first-order chi connectivity index (χ1) is 9.08. The first-order valence-electron chi connectivity index (χ1n) is 6.38. The largest absolute Gasteiger partial charge is 0.299 e. The third kappa shape index (κ3) is 4.22. The molecule has 2 rings (SSSR count). The van der Waals surface area contributed by atoms with E-state index in [-0.39, 0.29) is 5.78 Å². The van der Waals surface area contributed by atoms with E-state index >= 15 is 0 Å². The van der Waals surface area contributed by atoms with Crippen LogP contribution in [0.3, 0.4) is 0 Å². The van der Waals surface area contributed by atoms with Crippen molar-refractivity contribution in [1.29, 1.82) is 0 Å². The van der Waals surface area contributed by atoms with E-state index < -0.39 is 0 Å². The number of hydrogen-bond donors (Lipinski definition) is 0. The molecule has 19 heavy (non-hydrogen) atoms. The van der Waals surface area contributed by atoms with Crippen LogP contribution in [-0.2, 0) is 0 Å². The molecule has 0 amide bonds. The second-order valence-electron chi connectivity index (χ2n) is 4.76. The van der Waals surface area contributed by atoms with Gasteiger partial charge in [-0.2, -0.15) is 11.8 Å². The van der Waals surface area contributed by atoms with Crippen LogP contribution in [0.1, 0.15) is 23.7 Å². The van der Waals surface area contributed by atoms with E-state index in [1.165, 1.54) is 0 Å². The molecule has 1 aliphatic heterocycles. The third-order valence-corrected chi connectivity index (χ3v) is 5.36. The molecule has 1 aliphatic rings. The van der Waals surface area contributed by atoms with Crippen molar-refractivity contribution in [2.45, 2.75) is 19.4 Å². The summed E-state index contributed by atoms with van der Waals surface area (Å²) in [5, 5.41) is 0.529. The Balaban J connectivity index is 1.93. The summed E-state index contributed by atoms with van der Waals surface area (Å²) < 4.78 is 0.899. The molecule has 5 heteroatoms. The lowest BCUT2D eigenvalue weighted by atomic mass is 10.1. The Bertz CT molecular complexity index is 469. The number of rotatable bonds is 4. The summed E-state index contributed by atoms with van der Waals surface area (Å²) >= 11 is 11.4. The number of carbonyl (C=O) groups is 1. The van der Waals surface area contributed by atoms with E-state index in [2.05, 4.69) is 27.8 Å². The number of hydrogen-bond acceptors (Lipinski definition) is 3. The summed E-state index contributed by atoms with van der Waals surface area (Å²) in [6.07, 6.45) is 0.538. The third-order valence-electron chi connectivity index (χ3n) is 3.36. The van der Waals surface area contributed by atoms with Crippen LogP contribution in [0.15, 0.2) is 22.7 Å². The predicted octanol–water partition coefficient (Wildman–Crippen LogP) is 4.11. The summed E-state index contributed by atoms with van der Waals surface area (Å²) in [7, 11) is 0. The molecule has 0 aromatic heterocycles. The molecule has 0 bridgehead atoms. The van der Waals surface area contributed by atoms with Crippen molar-refractivity contribution in [3.63, 3.8) is 0 Å². The van der Waals surface area contributed by atoms with Crippen molar-refractivity contribution >= 4 is 45.1 Å². The molecule has 1 aromatic carbocycles. The van der Waals surface area contributed by atoms with Gasteiger partial charge in [0.2, 0.25) is 0 Å². The molecule has 0 saturated carbocycles. The fourth-order valence-corrected chi connectivity index (χ4v) is 4.05. The van der Waals surface area contributed by atoms with E-state index in [1.54, 1.807) is 12.1 Å². The molecule has 1 saturated heterocycles. The predicted molar refractivity (Wildman–Crippen MR) is 86.5 cm³/mol. The standard InChI is InChI=1S/C14H17BrClNOS/c1-10-9-19-7-6-17(10)5-4-14(18)12-3-2-11(15)8-13(12)16/h2-3,8,10H,4-7,9H2,1H3. The lowest BCUT2D eigenvalue weighted by Gasteiger charge is -2.32. The summed E-state index contributed by atoms with van der Waals surface area (Å²) in [6.45, 7) is 4.13. The Kier molecular flexibility index (Phi) is 5.75. The quantitative estimate of drug-likeness (QED) is 0.752. The van der Waals surface area contributed by atoms with Crippen LogP contribution in [0.2, 0.25) is 5.02 Å². The molecule has 1 aromatic rings. The number of carbonyl (C=O) groups excluding carboxylic acids is 1. The Labute approximate surface area is 132 Å². The molecular weight excluding hydrogens is 346 g/mol. The molecule has 1 unspecified atom stereocenters. The Morgan fingerprint density at radius 3 is 3.05 bits per heavy atom. The first kappa shape index (κ1) is 15.4. The Morgan fingerprint density at radius 1 is 1.58 bits per heavy atom. The van der Waals surface area contributed by atoms with Crippen molar-refractivity contribution in [2.75, 3.05) is 24.6 Å². The minimum atomic E-state index is 0.128. The molecule has 0 aliphatic carbocycles. The van der Waals surface area contributed by atoms with Crippen molar-refractivity contribution < 1.29 is 4.79 Å². The number of ketones is 1. The smallest absolute Gasteiger partial charge is 0.165 e. The van der Waals surface area contributed by atoms with Crippen LogP contribution in [0, 0.1) is 0 Å². The molecule has 104 valence electrons. The SMILES string of the molecule is CC1CSCCN1CCC(=O)c1ccc(Br)cc1Cl. The zero-order valence-corrected chi connectivity index (χ0v) is 14.0. The maximum absolute atomic E-state index is 12.2. The first-order valence-corrected chi connectivity index (χ1v) is 8.70. The highest BCUT2D eigenvalue weighted by Gasteiger charge is 2.20.